The third-order valence-corrected chi connectivity index (χ3v) is 6.01. The van der Waals surface area contributed by atoms with Crippen LogP contribution in [0.2, 0.25) is 0 Å². The lowest BCUT2D eigenvalue weighted by atomic mass is 10.1. The van der Waals surface area contributed by atoms with Gasteiger partial charge in [-0.2, -0.15) is 0 Å². The molecule has 0 unspecified atom stereocenters. The highest BCUT2D eigenvalue weighted by Crippen LogP contribution is 2.29. The summed E-state index contributed by atoms with van der Waals surface area (Å²) >= 11 is 0. The quantitative estimate of drug-likeness (QED) is 0.319. The number of benzene rings is 1. The van der Waals surface area contributed by atoms with Crippen molar-refractivity contribution >= 4 is 23.5 Å². The van der Waals surface area contributed by atoms with Crippen LogP contribution in [0, 0.1) is 15.9 Å². The molecule has 2 amide bonds. The number of ether oxygens (including phenoxy) is 3. The van der Waals surface area contributed by atoms with Gasteiger partial charge in [0.1, 0.15) is 30.8 Å². The average Bonchev–Trinajstić information content (AvgIpc) is 3.49. The highest BCUT2D eigenvalue weighted by Gasteiger charge is 2.33. The second-order valence-electron chi connectivity index (χ2n) is 8.71. The topological polar surface area (TPSA) is 178 Å². The molecule has 5 rings (SSSR count). The Morgan fingerprint density at radius 3 is 2.84 bits per heavy atom. The summed E-state index contributed by atoms with van der Waals surface area (Å²) in [4.78, 5) is 47.1. The van der Waals surface area contributed by atoms with Gasteiger partial charge in [0.15, 0.2) is 0 Å². The van der Waals surface area contributed by atoms with E-state index in [4.69, 9.17) is 19.9 Å². The summed E-state index contributed by atoms with van der Waals surface area (Å²) in [7, 11) is 0. The number of hydrogen-bond donors (Lipinski definition) is 1. The number of carbonyl (C=O) groups excluding carboxylic acids is 2. The van der Waals surface area contributed by atoms with E-state index in [9.17, 15) is 24.1 Å². The Morgan fingerprint density at radius 1 is 1.29 bits per heavy atom. The van der Waals surface area contributed by atoms with Gasteiger partial charge < -0.3 is 30.1 Å². The first-order valence-corrected chi connectivity index (χ1v) is 11.6. The molecule has 2 aliphatic rings. The van der Waals surface area contributed by atoms with Gasteiger partial charge in [0, 0.05) is 17.0 Å². The molecule has 0 aliphatic carbocycles. The minimum absolute atomic E-state index is 0.0869. The molecule has 1 fully saturated rings. The minimum Gasteiger partial charge on any atom is -0.444 e. The van der Waals surface area contributed by atoms with Gasteiger partial charge in [-0.1, -0.05) is 0 Å². The molecule has 0 bridgehead atoms. The van der Waals surface area contributed by atoms with Crippen molar-refractivity contribution in [3.63, 3.8) is 0 Å². The predicted molar refractivity (Wildman–Crippen MR) is 126 cm³/mol. The third kappa shape index (κ3) is 5.36. The van der Waals surface area contributed by atoms with E-state index in [-0.39, 0.29) is 55.4 Å². The van der Waals surface area contributed by atoms with Crippen molar-refractivity contribution in [2.45, 2.75) is 38.2 Å². The van der Waals surface area contributed by atoms with Gasteiger partial charge in [-0.05, 0) is 29.5 Å². The summed E-state index contributed by atoms with van der Waals surface area (Å²) in [5, 5.41) is 10.9. The van der Waals surface area contributed by atoms with Crippen molar-refractivity contribution in [1.29, 1.82) is 0 Å². The first-order valence-electron chi connectivity index (χ1n) is 11.6. The molecule has 15 heteroatoms. The number of fused-ring (bicyclic) bond motifs is 1. The van der Waals surface area contributed by atoms with Crippen molar-refractivity contribution < 1.29 is 33.1 Å². The monoisotopic (exact) mass is 527 g/mol. The summed E-state index contributed by atoms with van der Waals surface area (Å²) in [6.07, 6.45) is 3.04. The first kappa shape index (κ1) is 25.0. The summed E-state index contributed by atoms with van der Waals surface area (Å²) in [5.74, 6) is -1.39. The number of cyclic esters (lactones) is 1. The zero-order chi connectivity index (χ0) is 26.8. The average molecular weight is 527 g/mol. The zero-order valence-electron chi connectivity index (χ0n) is 19.9. The van der Waals surface area contributed by atoms with Gasteiger partial charge in [-0.25, -0.2) is 9.18 Å². The van der Waals surface area contributed by atoms with Crippen molar-refractivity contribution in [1.82, 2.24) is 19.5 Å². The van der Waals surface area contributed by atoms with E-state index in [1.54, 1.807) is 6.07 Å². The highest BCUT2D eigenvalue weighted by molar-refractivity contribution is 5.90. The fourth-order valence-corrected chi connectivity index (χ4v) is 4.10. The molecule has 3 aromatic rings. The summed E-state index contributed by atoms with van der Waals surface area (Å²) in [6, 6.07) is 4.45. The van der Waals surface area contributed by atoms with Crippen LogP contribution in [0.5, 0.6) is 6.01 Å². The molecule has 2 N–H and O–H groups in total. The van der Waals surface area contributed by atoms with E-state index >= 15 is 0 Å². The number of nitro groups is 1. The fourth-order valence-electron chi connectivity index (χ4n) is 4.10. The van der Waals surface area contributed by atoms with Crippen LogP contribution in [0.25, 0.3) is 11.3 Å². The standard InChI is InChI=1S/C23H22FN7O7/c24-18-5-14(30-9-15(38-23(30)33)2-4-20(25)32)1-3-17(18)19-7-26-13(6-27-19)11-36-16-8-29-10-21(31(34)35)28-22(29)37-12-16/h1,3,5-7,10,15-16H,2,4,8-9,11-12H2,(H2,25,32)/t15-,16-/m0/s1. The molecule has 0 spiro atoms. The lowest BCUT2D eigenvalue weighted by molar-refractivity contribution is -0.389. The maximum atomic E-state index is 14.9. The largest absolute Gasteiger partial charge is 0.444 e. The van der Waals surface area contributed by atoms with Crippen LogP contribution >= 0.6 is 0 Å². The van der Waals surface area contributed by atoms with Gasteiger partial charge in [0.25, 0.3) is 0 Å². The number of nitrogens with zero attached hydrogens (tertiary/aromatic N) is 6. The molecule has 198 valence electrons. The van der Waals surface area contributed by atoms with Crippen LogP contribution in [0.4, 0.5) is 20.7 Å². The van der Waals surface area contributed by atoms with Crippen molar-refractivity contribution in [3.8, 4) is 17.3 Å². The lowest BCUT2D eigenvalue weighted by Crippen LogP contribution is -2.32. The highest BCUT2D eigenvalue weighted by atomic mass is 19.1. The lowest BCUT2D eigenvalue weighted by Gasteiger charge is -2.22. The van der Waals surface area contributed by atoms with Crippen molar-refractivity contribution in [2.75, 3.05) is 18.1 Å². The molecule has 2 aromatic heterocycles. The van der Waals surface area contributed by atoms with E-state index in [2.05, 4.69) is 15.0 Å². The Kier molecular flexibility index (Phi) is 6.83. The maximum absolute atomic E-state index is 14.9. The number of primary amides is 1. The molecule has 1 aromatic carbocycles. The normalized spacial score (nSPS) is 18.6. The second-order valence-corrected chi connectivity index (χ2v) is 8.71. The molecular weight excluding hydrogens is 505 g/mol. The Bertz CT molecular complexity index is 1380. The van der Waals surface area contributed by atoms with Gasteiger partial charge in [0.05, 0.1) is 49.2 Å². The van der Waals surface area contributed by atoms with Crippen LogP contribution in [0.1, 0.15) is 18.5 Å². The number of rotatable bonds is 9. The van der Waals surface area contributed by atoms with Crippen molar-refractivity contribution in [3.05, 3.63) is 58.4 Å². The number of carbonyl (C=O) groups is 2. The SMILES string of the molecule is NC(=O)CC[C@H]1CN(c2ccc(-c3cnc(CO[C@@H]4COc5nc([N+](=O)[O-])cn5C4)cn3)c(F)c2)C(=O)O1. The number of hydrogen-bond acceptors (Lipinski definition) is 10. The summed E-state index contributed by atoms with van der Waals surface area (Å²) in [6.45, 7) is 0.788. The van der Waals surface area contributed by atoms with Gasteiger partial charge in [-0.3, -0.25) is 24.2 Å². The van der Waals surface area contributed by atoms with E-state index in [0.717, 1.165) is 0 Å². The molecule has 2 atom stereocenters. The van der Waals surface area contributed by atoms with Crippen LogP contribution in [0.15, 0.2) is 36.8 Å². The number of aromatic nitrogens is 4. The number of anilines is 1. The minimum atomic E-state index is -0.624. The Labute approximate surface area is 214 Å². The van der Waals surface area contributed by atoms with E-state index < -0.39 is 28.8 Å². The molecule has 4 heterocycles. The molecule has 0 radical (unpaired) electrons. The molecule has 2 aliphatic heterocycles. The molecule has 14 nitrogen and oxygen atoms in total. The smallest absolute Gasteiger partial charge is 0.414 e. The van der Waals surface area contributed by atoms with Gasteiger partial charge in [-0.15, -0.1) is 0 Å². The van der Waals surface area contributed by atoms with Gasteiger partial charge in [0.2, 0.25) is 5.91 Å². The molecular formula is C23H22FN7O7. The Hall–Kier alpha value is -4.66. The number of imidazole rings is 1. The summed E-state index contributed by atoms with van der Waals surface area (Å²) in [5.41, 5.74) is 6.44. The fraction of sp³-hybridized carbons (Fsp3) is 0.348. The van der Waals surface area contributed by atoms with Gasteiger partial charge >= 0.3 is 17.9 Å². The summed E-state index contributed by atoms with van der Waals surface area (Å²) < 4.78 is 32.9. The third-order valence-electron chi connectivity index (χ3n) is 6.01. The maximum Gasteiger partial charge on any atom is 0.414 e. The Balaban J connectivity index is 1.18. The van der Waals surface area contributed by atoms with Crippen LogP contribution in [0.3, 0.4) is 0 Å². The number of nitrogens with two attached hydrogens (primary N) is 1. The number of amides is 2. The van der Waals surface area contributed by atoms with E-state index in [1.165, 1.54) is 40.2 Å². The molecule has 38 heavy (non-hydrogen) atoms. The van der Waals surface area contributed by atoms with E-state index in [0.29, 0.717) is 24.3 Å². The van der Waals surface area contributed by atoms with E-state index in [1.807, 2.05) is 0 Å². The van der Waals surface area contributed by atoms with Crippen molar-refractivity contribution in [2.24, 2.45) is 5.73 Å². The Morgan fingerprint density at radius 2 is 2.13 bits per heavy atom. The first-order chi connectivity index (χ1) is 18.3. The zero-order valence-corrected chi connectivity index (χ0v) is 19.9. The predicted octanol–water partition coefficient (Wildman–Crippen LogP) is 1.96. The van der Waals surface area contributed by atoms with Crippen LogP contribution in [-0.2, 0) is 27.4 Å². The van der Waals surface area contributed by atoms with Crippen LogP contribution in [-0.4, -0.2) is 61.8 Å². The molecule has 0 saturated carbocycles. The number of halogens is 1. The second kappa shape index (κ2) is 10.4. The van der Waals surface area contributed by atoms with Crippen LogP contribution < -0.4 is 15.4 Å². The molecule has 1 saturated heterocycles.